The Morgan fingerprint density at radius 1 is 1.10 bits per heavy atom. The first-order chi connectivity index (χ1) is 18.3. The van der Waals surface area contributed by atoms with Crippen molar-refractivity contribution < 1.29 is 41.4 Å². The zero-order chi connectivity index (χ0) is 28.2. The lowest BCUT2D eigenvalue weighted by Gasteiger charge is -2.70. The van der Waals surface area contributed by atoms with Crippen molar-refractivity contribution in [1.29, 1.82) is 0 Å². The van der Waals surface area contributed by atoms with Crippen LogP contribution in [0.4, 0.5) is 23.2 Å². The minimum atomic E-state index is -4.70. The van der Waals surface area contributed by atoms with Crippen LogP contribution < -0.4 is 25.0 Å². The number of alkyl halides is 3. The van der Waals surface area contributed by atoms with E-state index >= 15 is 0 Å². The SMILES string of the molecule is Cc1ccc2c(c1)N(C(=O)CC(F)(F)F)CC(C(=O)NC13CC(NC(=O)COc4ccc(Cl)c(F)c4)(C1)C3)O2. The summed E-state index contributed by atoms with van der Waals surface area (Å²) in [6, 6.07) is 8.56. The van der Waals surface area contributed by atoms with Crippen LogP contribution in [-0.2, 0) is 14.4 Å². The molecule has 8 nitrogen and oxygen atoms in total. The molecule has 0 saturated heterocycles. The maximum Gasteiger partial charge on any atom is 0.397 e. The summed E-state index contributed by atoms with van der Waals surface area (Å²) in [5.74, 6) is -2.51. The van der Waals surface area contributed by atoms with Crippen LogP contribution in [0.5, 0.6) is 11.5 Å². The molecular formula is C26H24ClF4N3O5. The van der Waals surface area contributed by atoms with Crippen LogP contribution in [0.3, 0.4) is 0 Å². The smallest absolute Gasteiger partial charge is 0.397 e. The number of aryl methyl sites for hydroxylation is 1. The average molecular weight is 570 g/mol. The van der Waals surface area contributed by atoms with E-state index in [0.29, 0.717) is 19.3 Å². The average Bonchev–Trinajstić information content (AvgIpc) is 2.80. The molecule has 4 aliphatic rings. The molecule has 3 amide bonds. The Kier molecular flexibility index (Phi) is 6.64. The number of carbonyl (C=O) groups is 3. The lowest BCUT2D eigenvalue weighted by atomic mass is 9.44. The van der Waals surface area contributed by atoms with Crippen molar-refractivity contribution in [3.63, 3.8) is 0 Å². The first-order valence-corrected chi connectivity index (χ1v) is 12.5. The Bertz CT molecular complexity index is 1330. The predicted molar refractivity (Wildman–Crippen MR) is 131 cm³/mol. The minimum Gasteiger partial charge on any atom is -0.484 e. The number of anilines is 1. The molecule has 208 valence electrons. The first-order valence-electron chi connectivity index (χ1n) is 12.1. The van der Waals surface area contributed by atoms with Gasteiger partial charge < -0.3 is 25.0 Å². The Morgan fingerprint density at radius 2 is 1.79 bits per heavy atom. The van der Waals surface area contributed by atoms with Gasteiger partial charge in [0.2, 0.25) is 5.91 Å². The van der Waals surface area contributed by atoms with E-state index in [1.54, 1.807) is 19.1 Å². The lowest BCUT2D eigenvalue weighted by Crippen LogP contribution is -2.84. The number of benzene rings is 2. The number of hydrogen-bond donors (Lipinski definition) is 2. The third-order valence-electron chi connectivity index (χ3n) is 7.05. The predicted octanol–water partition coefficient (Wildman–Crippen LogP) is 3.82. The molecule has 0 aromatic heterocycles. The van der Waals surface area contributed by atoms with Crippen molar-refractivity contribution in [2.24, 2.45) is 0 Å². The number of halogens is 5. The number of carbonyl (C=O) groups excluding carboxylic acids is 3. The minimum absolute atomic E-state index is 0.0634. The molecule has 2 bridgehead atoms. The van der Waals surface area contributed by atoms with E-state index in [1.165, 1.54) is 18.2 Å². The zero-order valence-corrected chi connectivity index (χ0v) is 21.4. The molecule has 3 saturated carbocycles. The maximum absolute atomic E-state index is 13.5. The monoisotopic (exact) mass is 569 g/mol. The van der Waals surface area contributed by atoms with Gasteiger partial charge in [-0.15, -0.1) is 0 Å². The molecule has 1 heterocycles. The highest BCUT2D eigenvalue weighted by atomic mass is 35.5. The molecule has 0 radical (unpaired) electrons. The number of hydrogen-bond acceptors (Lipinski definition) is 5. The summed E-state index contributed by atoms with van der Waals surface area (Å²) in [5, 5.41) is 5.69. The quantitative estimate of drug-likeness (QED) is 0.494. The van der Waals surface area contributed by atoms with Gasteiger partial charge in [-0.3, -0.25) is 14.4 Å². The lowest BCUT2D eigenvalue weighted by molar-refractivity contribution is -0.154. The van der Waals surface area contributed by atoms with Gasteiger partial charge in [0, 0.05) is 17.1 Å². The molecule has 2 N–H and O–H groups in total. The summed E-state index contributed by atoms with van der Waals surface area (Å²) >= 11 is 5.63. The van der Waals surface area contributed by atoms with Gasteiger partial charge in [0.15, 0.2) is 12.7 Å². The number of rotatable bonds is 7. The largest absolute Gasteiger partial charge is 0.484 e. The summed E-state index contributed by atoms with van der Waals surface area (Å²) in [7, 11) is 0. The van der Waals surface area contributed by atoms with Crippen LogP contribution in [-0.4, -0.2) is 54.2 Å². The third kappa shape index (κ3) is 5.61. The van der Waals surface area contributed by atoms with Crippen molar-refractivity contribution in [2.45, 2.75) is 56.0 Å². The summed E-state index contributed by atoms with van der Waals surface area (Å²) in [6.45, 7) is 1.03. The van der Waals surface area contributed by atoms with Crippen molar-refractivity contribution >= 4 is 35.0 Å². The Balaban J connectivity index is 1.15. The van der Waals surface area contributed by atoms with Gasteiger partial charge in [-0.2, -0.15) is 13.2 Å². The van der Waals surface area contributed by atoms with Gasteiger partial charge in [0.1, 0.15) is 23.7 Å². The van der Waals surface area contributed by atoms with Gasteiger partial charge in [-0.25, -0.2) is 4.39 Å². The van der Waals surface area contributed by atoms with Crippen molar-refractivity contribution in [3.05, 3.63) is 52.8 Å². The Labute approximate surface area is 225 Å². The molecule has 1 unspecified atom stereocenters. The van der Waals surface area contributed by atoms with Gasteiger partial charge in [-0.05, 0) is 56.0 Å². The van der Waals surface area contributed by atoms with E-state index in [0.717, 1.165) is 16.5 Å². The van der Waals surface area contributed by atoms with E-state index in [-0.39, 0.29) is 35.4 Å². The highest BCUT2D eigenvalue weighted by Crippen LogP contribution is 2.60. The second-order valence-electron chi connectivity index (χ2n) is 10.4. The molecule has 2 aromatic rings. The number of nitrogens with zero attached hydrogens (tertiary/aromatic N) is 1. The summed E-state index contributed by atoms with van der Waals surface area (Å²) in [5.41, 5.74) is -0.186. The molecule has 1 atom stereocenters. The fourth-order valence-electron chi connectivity index (χ4n) is 5.47. The summed E-state index contributed by atoms with van der Waals surface area (Å²) < 4.78 is 63.4. The van der Waals surface area contributed by atoms with Crippen LogP contribution in [0.15, 0.2) is 36.4 Å². The third-order valence-corrected chi connectivity index (χ3v) is 7.36. The molecule has 0 spiro atoms. The van der Waals surface area contributed by atoms with Gasteiger partial charge in [0.05, 0.1) is 17.3 Å². The molecule has 3 aliphatic carbocycles. The molecule has 1 aliphatic heterocycles. The molecule has 2 aromatic carbocycles. The second kappa shape index (κ2) is 9.58. The normalized spacial score (nSPS) is 24.9. The molecule has 39 heavy (non-hydrogen) atoms. The standard InChI is InChI=1S/C26H24ClF4N3O5/c1-14-2-5-19-18(6-14)34(22(36)8-26(29,30)31)9-20(39-19)23(37)33-25-11-24(12-25,13-25)32-21(35)10-38-15-3-4-16(27)17(28)7-15/h2-7,20H,8-13H2,1H3,(H,32,35)(H,33,37). The van der Waals surface area contributed by atoms with Crippen molar-refractivity contribution in [1.82, 2.24) is 10.6 Å². The van der Waals surface area contributed by atoms with E-state index in [2.05, 4.69) is 10.6 Å². The second-order valence-corrected chi connectivity index (χ2v) is 10.8. The van der Waals surface area contributed by atoms with E-state index in [1.807, 2.05) is 0 Å². The van der Waals surface area contributed by atoms with Crippen LogP contribution in [0.1, 0.15) is 31.2 Å². The molecule has 6 rings (SSSR count). The highest BCUT2D eigenvalue weighted by molar-refractivity contribution is 6.30. The maximum atomic E-state index is 13.5. The first kappa shape index (κ1) is 27.0. The molecule has 13 heteroatoms. The zero-order valence-electron chi connectivity index (χ0n) is 20.7. The van der Waals surface area contributed by atoms with Gasteiger partial charge in [0.25, 0.3) is 11.8 Å². The Hall–Kier alpha value is -3.54. The van der Waals surface area contributed by atoms with Gasteiger partial charge in [-0.1, -0.05) is 17.7 Å². The Morgan fingerprint density at radius 3 is 2.46 bits per heavy atom. The van der Waals surface area contributed by atoms with Gasteiger partial charge >= 0.3 is 6.18 Å². The van der Waals surface area contributed by atoms with Crippen LogP contribution in [0.2, 0.25) is 5.02 Å². The van der Waals surface area contributed by atoms with Crippen molar-refractivity contribution in [2.75, 3.05) is 18.1 Å². The number of fused-ring (bicyclic) bond motifs is 1. The van der Waals surface area contributed by atoms with E-state index in [4.69, 9.17) is 21.1 Å². The fraction of sp³-hybridized carbons (Fsp3) is 0.423. The van der Waals surface area contributed by atoms with E-state index in [9.17, 15) is 31.9 Å². The van der Waals surface area contributed by atoms with Crippen LogP contribution in [0.25, 0.3) is 0 Å². The molecule has 3 fully saturated rings. The number of nitrogens with one attached hydrogen (secondary N) is 2. The highest BCUT2D eigenvalue weighted by Gasteiger charge is 2.69. The topological polar surface area (TPSA) is 97.0 Å². The number of ether oxygens (including phenoxy) is 2. The summed E-state index contributed by atoms with van der Waals surface area (Å²) in [6.07, 6.45) is -6.20. The molecular weight excluding hydrogens is 546 g/mol. The number of amides is 3. The van der Waals surface area contributed by atoms with Crippen molar-refractivity contribution in [3.8, 4) is 11.5 Å². The van der Waals surface area contributed by atoms with Crippen LogP contribution in [0, 0.1) is 12.7 Å². The van der Waals surface area contributed by atoms with E-state index < -0.39 is 53.3 Å². The summed E-state index contributed by atoms with van der Waals surface area (Å²) in [4.78, 5) is 38.8. The van der Waals surface area contributed by atoms with Crippen LogP contribution >= 0.6 is 11.6 Å². The fourth-order valence-corrected chi connectivity index (χ4v) is 5.59.